The second-order valence-corrected chi connectivity index (χ2v) is 6.38. The van der Waals surface area contributed by atoms with E-state index in [1.807, 2.05) is 0 Å². The second kappa shape index (κ2) is 6.75. The number of nitrogens with one attached hydrogen (secondary N) is 1. The van der Waals surface area contributed by atoms with Crippen molar-refractivity contribution in [3.05, 3.63) is 11.9 Å². The third kappa shape index (κ3) is 3.47. The molecule has 1 aromatic heterocycles. The Kier molecular flexibility index (Phi) is 4.73. The van der Waals surface area contributed by atoms with Crippen LogP contribution in [0.1, 0.15) is 50.6 Å². The van der Waals surface area contributed by atoms with Gasteiger partial charge in [0.05, 0.1) is 18.8 Å². The lowest BCUT2D eigenvalue weighted by Gasteiger charge is -2.38. The molecule has 2 heterocycles. The van der Waals surface area contributed by atoms with Gasteiger partial charge < -0.3 is 14.7 Å². The van der Waals surface area contributed by atoms with Crippen LogP contribution in [0.2, 0.25) is 0 Å². The Balaban J connectivity index is 1.54. The molecule has 0 spiro atoms. The van der Waals surface area contributed by atoms with Crippen molar-refractivity contribution >= 4 is 5.91 Å². The molecule has 0 aromatic carbocycles. The maximum atomic E-state index is 12.3. The highest BCUT2D eigenvalue weighted by Crippen LogP contribution is 2.29. The van der Waals surface area contributed by atoms with Crippen LogP contribution in [0.3, 0.4) is 0 Å². The van der Waals surface area contributed by atoms with Crippen molar-refractivity contribution in [1.29, 1.82) is 0 Å². The molecule has 0 radical (unpaired) electrons. The molecular formula is C15H24N4O3. The smallest absolute Gasteiger partial charge is 0.248 e. The molecule has 1 saturated heterocycles. The number of carbonyl (C=O) groups excluding carboxylic acids is 1. The van der Waals surface area contributed by atoms with E-state index in [0.29, 0.717) is 18.7 Å². The Morgan fingerprint density at radius 2 is 2.23 bits per heavy atom. The molecule has 2 fully saturated rings. The van der Waals surface area contributed by atoms with E-state index >= 15 is 0 Å². The Morgan fingerprint density at radius 1 is 1.41 bits per heavy atom. The minimum absolute atomic E-state index is 0.0489. The topological polar surface area (TPSA) is 91.3 Å². The number of amides is 1. The fraction of sp³-hybridized carbons (Fsp3) is 0.800. The number of ether oxygens (including phenoxy) is 1. The molecular weight excluding hydrogens is 284 g/mol. The molecule has 1 aromatic rings. The summed E-state index contributed by atoms with van der Waals surface area (Å²) in [5.41, 5.74) is -0.607. The van der Waals surface area contributed by atoms with Crippen LogP contribution in [-0.2, 0) is 15.1 Å². The molecule has 22 heavy (non-hydrogen) atoms. The predicted octanol–water partition coefficient (Wildman–Crippen LogP) is 0.964. The van der Waals surface area contributed by atoms with Crippen molar-refractivity contribution in [3.63, 3.8) is 0 Å². The largest absolute Gasteiger partial charge is 0.382 e. The van der Waals surface area contributed by atoms with Gasteiger partial charge in [0.15, 0.2) is 0 Å². The summed E-state index contributed by atoms with van der Waals surface area (Å²) in [5, 5.41) is 20.9. The quantitative estimate of drug-likeness (QED) is 0.864. The summed E-state index contributed by atoms with van der Waals surface area (Å²) in [6.07, 6.45) is 8.83. The lowest BCUT2D eigenvalue weighted by atomic mass is 9.90. The second-order valence-electron chi connectivity index (χ2n) is 6.38. The van der Waals surface area contributed by atoms with Crippen LogP contribution in [0.5, 0.6) is 0 Å². The number of nitrogens with zero attached hydrogens (tertiary/aromatic N) is 3. The van der Waals surface area contributed by atoms with Crippen molar-refractivity contribution in [2.45, 2.75) is 56.7 Å². The van der Waals surface area contributed by atoms with Crippen LogP contribution < -0.4 is 0 Å². The number of aromatic nitrogens is 3. The van der Waals surface area contributed by atoms with Crippen LogP contribution >= 0.6 is 0 Å². The number of hydrogen-bond donors (Lipinski definition) is 2. The van der Waals surface area contributed by atoms with Gasteiger partial charge in [-0.05, 0) is 25.7 Å². The standard InChI is InChI=1S/C15H24N4O3/c20-14(10-22-12-5-2-1-3-6-12)19-8-4-7-15(21,11-19)13-9-16-18-17-13/h9,12,21H,1-8,10-11H2,(H,16,17,18)/t15-/m1/s1. The van der Waals surface area contributed by atoms with Gasteiger partial charge in [0.1, 0.15) is 17.9 Å². The zero-order chi connectivity index (χ0) is 15.4. The highest BCUT2D eigenvalue weighted by molar-refractivity contribution is 5.77. The van der Waals surface area contributed by atoms with Gasteiger partial charge in [-0.15, -0.1) is 0 Å². The molecule has 0 bridgehead atoms. The van der Waals surface area contributed by atoms with Crippen molar-refractivity contribution in [2.75, 3.05) is 19.7 Å². The fourth-order valence-electron chi connectivity index (χ4n) is 3.40. The minimum atomic E-state index is -1.11. The predicted molar refractivity (Wildman–Crippen MR) is 78.9 cm³/mol. The lowest BCUT2D eigenvalue weighted by Crippen LogP contribution is -2.50. The number of hydrogen-bond acceptors (Lipinski definition) is 5. The van der Waals surface area contributed by atoms with Gasteiger partial charge in [-0.2, -0.15) is 15.4 Å². The normalized spacial score (nSPS) is 27.0. The van der Waals surface area contributed by atoms with Crippen LogP contribution in [0.4, 0.5) is 0 Å². The highest BCUT2D eigenvalue weighted by atomic mass is 16.5. The molecule has 1 aliphatic heterocycles. The van der Waals surface area contributed by atoms with E-state index < -0.39 is 5.60 Å². The SMILES string of the molecule is O=C(COC1CCCCC1)N1CCC[C@](O)(c2cn[nH]n2)C1. The van der Waals surface area contributed by atoms with E-state index in [-0.39, 0.29) is 25.2 Å². The summed E-state index contributed by atoms with van der Waals surface area (Å²) in [4.78, 5) is 14.0. The van der Waals surface area contributed by atoms with E-state index in [4.69, 9.17) is 4.74 Å². The Hall–Kier alpha value is -1.47. The molecule has 2 N–H and O–H groups in total. The van der Waals surface area contributed by atoms with Crippen molar-refractivity contribution < 1.29 is 14.6 Å². The molecule has 3 rings (SSSR count). The molecule has 1 atom stereocenters. The zero-order valence-electron chi connectivity index (χ0n) is 12.8. The first kappa shape index (κ1) is 15.4. The van der Waals surface area contributed by atoms with E-state index in [1.165, 1.54) is 25.5 Å². The Bertz CT molecular complexity index is 487. The first-order valence-electron chi connectivity index (χ1n) is 8.15. The molecule has 2 aliphatic rings. The fourth-order valence-corrected chi connectivity index (χ4v) is 3.40. The van der Waals surface area contributed by atoms with Crippen LogP contribution in [0.15, 0.2) is 6.20 Å². The highest BCUT2D eigenvalue weighted by Gasteiger charge is 2.38. The third-order valence-corrected chi connectivity index (χ3v) is 4.71. The number of rotatable bonds is 4. The van der Waals surface area contributed by atoms with Crippen molar-refractivity contribution in [3.8, 4) is 0 Å². The van der Waals surface area contributed by atoms with Crippen molar-refractivity contribution in [2.24, 2.45) is 0 Å². The lowest BCUT2D eigenvalue weighted by molar-refractivity contribution is -0.146. The number of aromatic amines is 1. The summed E-state index contributed by atoms with van der Waals surface area (Å²) in [5.74, 6) is -0.0489. The van der Waals surface area contributed by atoms with E-state index in [2.05, 4.69) is 15.4 Å². The third-order valence-electron chi connectivity index (χ3n) is 4.71. The van der Waals surface area contributed by atoms with Crippen LogP contribution in [0.25, 0.3) is 0 Å². The molecule has 122 valence electrons. The summed E-state index contributed by atoms with van der Waals surface area (Å²) >= 11 is 0. The molecule has 7 heteroatoms. The molecule has 1 amide bonds. The average Bonchev–Trinajstić information content (AvgIpc) is 3.09. The molecule has 1 saturated carbocycles. The van der Waals surface area contributed by atoms with Crippen LogP contribution in [0, 0.1) is 0 Å². The number of H-pyrrole nitrogens is 1. The average molecular weight is 308 g/mol. The number of likely N-dealkylation sites (tertiary alicyclic amines) is 1. The summed E-state index contributed by atoms with van der Waals surface area (Å²) in [6, 6.07) is 0. The van der Waals surface area contributed by atoms with Gasteiger partial charge in [-0.1, -0.05) is 19.3 Å². The Morgan fingerprint density at radius 3 is 2.95 bits per heavy atom. The first-order chi connectivity index (χ1) is 10.7. The monoisotopic (exact) mass is 308 g/mol. The summed E-state index contributed by atoms with van der Waals surface area (Å²) in [7, 11) is 0. The van der Waals surface area contributed by atoms with E-state index in [0.717, 1.165) is 19.3 Å². The van der Waals surface area contributed by atoms with Gasteiger partial charge in [0.2, 0.25) is 5.91 Å². The van der Waals surface area contributed by atoms with Gasteiger partial charge in [-0.25, -0.2) is 0 Å². The summed E-state index contributed by atoms with van der Waals surface area (Å²) < 4.78 is 5.75. The van der Waals surface area contributed by atoms with Crippen LogP contribution in [-0.4, -0.2) is 57.1 Å². The zero-order valence-corrected chi connectivity index (χ0v) is 12.8. The maximum Gasteiger partial charge on any atom is 0.248 e. The number of piperidine rings is 1. The van der Waals surface area contributed by atoms with E-state index in [1.54, 1.807) is 4.90 Å². The number of β-amino-alcohol motifs (C(OH)–C–C–N with tert-alkyl or cyclic N) is 1. The van der Waals surface area contributed by atoms with E-state index in [9.17, 15) is 9.90 Å². The van der Waals surface area contributed by atoms with Gasteiger partial charge in [0.25, 0.3) is 0 Å². The Labute approximate surface area is 130 Å². The number of aliphatic hydroxyl groups is 1. The molecule has 0 unspecified atom stereocenters. The molecule has 1 aliphatic carbocycles. The summed E-state index contributed by atoms with van der Waals surface area (Å²) in [6.45, 7) is 1.03. The number of carbonyl (C=O) groups is 1. The molecule has 7 nitrogen and oxygen atoms in total. The van der Waals surface area contributed by atoms with Gasteiger partial charge >= 0.3 is 0 Å². The maximum absolute atomic E-state index is 12.3. The van der Waals surface area contributed by atoms with Crippen molar-refractivity contribution in [1.82, 2.24) is 20.3 Å². The first-order valence-corrected chi connectivity index (χ1v) is 8.15. The van der Waals surface area contributed by atoms with Gasteiger partial charge in [0, 0.05) is 6.54 Å². The van der Waals surface area contributed by atoms with Gasteiger partial charge in [-0.3, -0.25) is 4.79 Å². The minimum Gasteiger partial charge on any atom is -0.382 e.